The Morgan fingerprint density at radius 2 is 1.66 bits per heavy atom. The molecule has 29 heavy (non-hydrogen) atoms. The number of amides is 1. The average Bonchev–Trinajstić information content (AvgIpc) is 2.79. The number of rotatable bonds is 4. The van der Waals surface area contributed by atoms with E-state index in [2.05, 4.69) is 26.5 Å². The third kappa shape index (κ3) is 4.92. The van der Waals surface area contributed by atoms with E-state index in [4.69, 9.17) is 0 Å². The van der Waals surface area contributed by atoms with Crippen molar-refractivity contribution in [1.29, 1.82) is 0 Å². The van der Waals surface area contributed by atoms with Gasteiger partial charge in [-0.05, 0) is 69.6 Å². The molecule has 0 radical (unpaired) electrons. The smallest absolute Gasteiger partial charge is 0.225 e. The van der Waals surface area contributed by atoms with Gasteiger partial charge in [0.05, 0.1) is 0 Å². The Morgan fingerprint density at radius 1 is 0.966 bits per heavy atom. The molecule has 3 saturated heterocycles. The molecule has 1 atom stereocenters. The molecule has 5 nitrogen and oxygen atoms in total. The normalized spacial score (nSPS) is 25.4. The van der Waals surface area contributed by atoms with E-state index >= 15 is 0 Å². The van der Waals surface area contributed by atoms with Crippen molar-refractivity contribution in [2.75, 3.05) is 63.8 Å². The average molecular weight is 403 g/mol. The van der Waals surface area contributed by atoms with E-state index in [1.54, 1.807) is 0 Å². The minimum atomic E-state index is -0.181. The minimum absolute atomic E-state index is 0.181. The van der Waals surface area contributed by atoms with Crippen LogP contribution in [0.2, 0.25) is 0 Å². The molecule has 0 bridgehead atoms. The van der Waals surface area contributed by atoms with Gasteiger partial charge in [-0.15, -0.1) is 0 Å². The minimum Gasteiger partial charge on any atom is -0.369 e. The van der Waals surface area contributed by atoms with E-state index in [9.17, 15) is 9.18 Å². The predicted octanol–water partition coefficient (Wildman–Crippen LogP) is 2.67. The number of hydrogen-bond acceptors (Lipinski definition) is 4. The van der Waals surface area contributed by atoms with Gasteiger partial charge in [-0.25, -0.2) is 4.39 Å². The first-order valence-corrected chi connectivity index (χ1v) is 11.4. The first-order chi connectivity index (χ1) is 14.1. The summed E-state index contributed by atoms with van der Waals surface area (Å²) in [6.07, 6.45) is 4.34. The maximum Gasteiger partial charge on any atom is 0.225 e. The second-order valence-electron chi connectivity index (χ2n) is 8.79. The monoisotopic (exact) mass is 402 g/mol. The van der Waals surface area contributed by atoms with Crippen LogP contribution in [0.25, 0.3) is 0 Å². The number of anilines is 1. The van der Waals surface area contributed by atoms with E-state index in [0.29, 0.717) is 11.9 Å². The van der Waals surface area contributed by atoms with Crippen LogP contribution in [0.1, 0.15) is 32.6 Å². The summed E-state index contributed by atoms with van der Waals surface area (Å²) in [4.78, 5) is 22.6. The Balaban J connectivity index is 1.28. The lowest BCUT2D eigenvalue weighted by Gasteiger charge is -2.44. The van der Waals surface area contributed by atoms with Gasteiger partial charge in [-0.2, -0.15) is 0 Å². The Kier molecular flexibility index (Phi) is 6.70. The summed E-state index contributed by atoms with van der Waals surface area (Å²) in [5.41, 5.74) is 1.10. The highest BCUT2D eigenvalue weighted by molar-refractivity contribution is 5.79. The third-order valence-electron chi connectivity index (χ3n) is 7.11. The molecule has 3 aliphatic rings. The van der Waals surface area contributed by atoms with Crippen molar-refractivity contribution in [1.82, 2.24) is 14.7 Å². The van der Waals surface area contributed by atoms with E-state index in [1.165, 1.54) is 18.6 Å². The summed E-state index contributed by atoms with van der Waals surface area (Å²) in [5, 5.41) is 0. The molecule has 0 aliphatic carbocycles. The van der Waals surface area contributed by atoms with Crippen LogP contribution < -0.4 is 4.90 Å². The van der Waals surface area contributed by atoms with Gasteiger partial charge in [-0.3, -0.25) is 9.69 Å². The SMILES string of the molecule is CCN1CCC(C(=O)N2CCC[C@H](N3CCN(c4ccc(F)cc4)CC3)C2)CC1. The molecule has 3 fully saturated rings. The van der Waals surface area contributed by atoms with Gasteiger partial charge in [0.25, 0.3) is 0 Å². The van der Waals surface area contributed by atoms with Gasteiger partial charge < -0.3 is 14.7 Å². The molecule has 0 unspecified atom stereocenters. The van der Waals surface area contributed by atoms with Crippen LogP contribution in [0.3, 0.4) is 0 Å². The lowest BCUT2D eigenvalue weighted by Crippen LogP contribution is -2.56. The largest absolute Gasteiger partial charge is 0.369 e. The molecule has 4 rings (SSSR count). The van der Waals surface area contributed by atoms with Crippen LogP contribution in [0.4, 0.5) is 10.1 Å². The zero-order valence-corrected chi connectivity index (χ0v) is 17.7. The summed E-state index contributed by atoms with van der Waals surface area (Å²) >= 11 is 0. The zero-order chi connectivity index (χ0) is 20.2. The number of piperidine rings is 2. The molecule has 3 aliphatic heterocycles. The Labute approximate surface area is 174 Å². The van der Waals surface area contributed by atoms with Crippen molar-refractivity contribution in [3.63, 3.8) is 0 Å². The quantitative estimate of drug-likeness (QED) is 0.775. The lowest BCUT2D eigenvalue weighted by molar-refractivity contribution is -0.139. The van der Waals surface area contributed by atoms with Gasteiger partial charge in [0.1, 0.15) is 5.82 Å². The lowest BCUT2D eigenvalue weighted by atomic mass is 9.93. The fraction of sp³-hybridized carbons (Fsp3) is 0.696. The molecule has 160 valence electrons. The number of likely N-dealkylation sites (tertiary alicyclic amines) is 2. The third-order valence-corrected chi connectivity index (χ3v) is 7.11. The Bertz CT molecular complexity index is 666. The highest BCUT2D eigenvalue weighted by Crippen LogP contribution is 2.25. The number of hydrogen-bond donors (Lipinski definition) is 0. The number of piperazine rings is 1. The molecule has 0 spiro atoms. The van der Waals surface area contributed by atoms with Crippen LogP contribution in [-0.4, -0.2) is 85.6 Å². The summed E-state index contributed by atoms with van der Waals surface area (Å²) in [5.74, 6) is 0.446. The Hall–Kier alpha value is -1.66. The molecule has 3 heterocycles. The van der Waals surface area contributed by atoms with Crippen LogP contribution in [-0.2, 0) is 4.79 Å². The maximum absolute atomic E-state index is 13.2. The number of halogens is 1. The summed E-state index contributed by atoms with van der Waals surface area (Å²) < 4.78 is 13.2. The summed E-state index contributed by atoms with van der Waals surface area (Å²) in [6, 6.07) is 7.30. The number of carbonyl (C=O) groups is 1. The number of nitrogens with zero attached hydrogens (tertiary/aromatic N) is 4. The molecular formula is C23H35FN4O. The number of carbonyl (C=O) groups excluding carboxylic acids is 1. The summed E-state index contributed by atoms with van der Waals surface area (Å²) in [7, 11) is 0. The van der Waals surface area contributed by atoms with E-state index in [0.717, 1.165) is 83.9 Å². The summed E-state index contributed by atoms with van der Waals surface area (Å²) in [6.45, 7) is 11.2. The van der Waals surface area contributed by atoms with Crippen LogP contribution in [0.5, 0.6) is 0 Å². The highest BCUT2D eigenvalue weighted by Gasteiger charge is 2.33. The standard InChI is InChI=1S/C23H35FN4O/c1-2-25-12-9-19(10-13-25)23(29)28-11-3-4-22(18-28)27-16-14-26(15-17-27)21-7-5-20(24)6-8-21/h5-8,19,22H,2-4,9-18H2,1H3/t22-/m0/s1. The molecule has 0 aromatic heterocycles. The van der Waals surface area contributed by atoms with Crippen molar-refractivity contribution in [3.8, 4) is 0 Å². The zero-order valence-electron chi connectivity index (χ0n) is 17.7. The fourth-order valence-electron chi connectivity index (χ4n) is 5.20. The topological polar surface area (TPSA) is 30.0 Å². The van der Waals surface area contributed by atoms with Crippen LogP contribution in [0, 0.1) is 11.7 Å². The molecule has 0 N–H and O–H groups in total. The predicted molar refractivity (Wildman–Crippen MR) is 115 cm³/mol. The number of benzene rings is 1. The molecule has 0 saturated carbocycles. The Morgan fingerprint density at radius 3 is 2.31 bits per heavy atom. The molecule has 1 amide bonds. The molecule has 6 heteroatoms. The van der Waals surface area contributed by atoms with Crippen molar-refractivity contribution < 1.29 is 9.18 Å². The highest BCUT2D eigenvalue weighted by atomic mass is 19.1. The van der Waals surface area contributed by atoms with Gasteiger partial charge in [-0.1, -0.05) is 6.92 Å². The molecular weight excluding hydrogens is 367 g/mol. The van der Waals surface area contributed by atoms with E-state index in [1.807, 2.05) is 12.1 Å². The van der Waals surface area contributed by atoms with Crippen molar-refractivity contribution in [2.45, 2.75) is 38.6 Å². The van der Waals surface area contributed by atoms with E-state index in [-0.39, 0.29) is 11.7 Å². The van der Waals surface area contributed by atoms with Gasteiger partial charge in [0.2, 0.25) is 5.91 Å². The second-order valence-corrected chi connectivity index (χ2v) is 8.79. The van der Waals surface area contributed by atoms with Crippen molar-refractivity contribution in [3.05, 3.63) is 30.1 Å². The maximum atomic E-state index is 13.2. The second kappa shape index (κ2) is 9.43. The van der Waals surface area contributed by atoms with Gasteiger partial charge in [0, 0.05) is 56.9 Å². The van der Waals surface area contributed by atoms with Crippen molar-refractivity contribution >= 4 is 11.6 Å². The molecule has 1 aromatic rings. The first kappa shape index (κ1) is 20.6. The van der Waals surface area contributed by atoms with Crippen LogP contribution >= 0.6 is 0 Å². The first-order valence-electron chi connectivity index (χ1n) is 11.4. The van der Waals surface area contributed by atoms with Crippen LogP contribution in [0.15, 0.2) is 24.3 Å². The molecule has 1 aromatic carbocycles. The fourth-order valence-corrected chi connectivity index (χ4v) is 5.20. The van der Waals surface area contributed by atoms with Crippen molar-refractivity contribution in [2.24, 2.45) is 5.92 Å². The van der Waals surface area contributed by atoms with E-state index < -0.39 is 0 Å². The van der Waals surface area contributed by atoms with Gasteiger partial charge >= 0.3 is 0 Å². The van der Waals surface area contributed by atoms with Gasteiger partial charge in [0.15, 0.2) is 0 Å².